The van der Waals surface area contributed by atoms with Crippen molar-refractivity contribution in [3.8, 4) is 0 Å². The van der Waals surface area contributed by atoms with Crippen molar-refractivity contribution in [2.75, 3.05) is 27.2 Å². The first-order valence-corrected chi connectivity index (χ1v) is 7.29. The molecule has 1 fully saturated rings. The van der Waals surface area contributed by atoms with Gasteiger partial charge in [0, 0.05) is 23.6 Å². The van der Waals surface area contributed by atoms with Gasteiger partial charge in [-0.15, -0.1) is 0 Å². The van der Waals surface area contributed by atoms with Gasteiger partial charge in [-0.2, -0.15) is 0 Å². The van der Waals surface area contributed by atoms with Crippen molar-refractivity contribution >= 4 is 17.0 Å². The molecule has 1 saturated heterocycles. The number of amides is 1. The molecule has 5 heteroatoms. The third-order valence-corrected chi connectivity index (χ3v) is 3.91. The number of nitrogens with zero attached hydrogens (tertiary/aromatic N) is 1. The number of rotatable bonds is 5. The molecule has 1 aliphatic heterocycles. The summed E-state index contributed by atoms with van der Waals surface area (Å²) in [6, 6.07) is 6.36. The van der Waals surface area contributed by atoms with Crippen LogP contribution in [0.5, 0.6) is 0 Å². The Kier molecular flexibility index (Phi) is 3.84. The Morgan fingerprint density at radius 1 is 1.33 bits per heavy atom. The van der Waals surface area contributed by atoms with E-state index in [1.165, 1.54) is 16.5 Å². The lowest BCUT2D eigenvalue weighted by Gasteiger charge is -2.12. The minimum atomic E-state index is -0.311. The molecule has 21 heavy (non-hydrogen) atoms. The molecule has 0 bridgehead atoms. The number of carbonyl (C=O) groups is 1. The van der Waals surface area contributed by atoms with Crippen molar-refractivity contribution in [3.63, 3.8) is 0 Å². The molecule has 1 amide bonds. The number of cyclic esters (lactones) is 1. The highest BCUT2D eigenvalue weighted by molar-refractivity contribution is 5.87. The van der Waals surface area contributed by atoms with Gasteiger partial charge < -0.3 is 19.9 Å². The van der Waals surface area contributed by atoms with E-state index in [0.29, 0.717) is 6.61 Å². The number of likely N-dealkylation sites (N-methyl/N-ethyl adjacent to an activating group) is 1. The van der Waals surface area contributed by atoms with E-state index in [0.717, 1.165) is 24.9 Å². The number of carbonyl (C=O) groups excluding carboxylic acids is 1. The van der Waals surface area contributed by atoms with Crippen LogP contribution in [0.1, 0.15) is 11.1 Å². The molecule has 0 aliphatic carbocycles. The van der Waals surface area contributed by atoms with Crippen LogP contribution in [0.4, 0.5) is 4.79 Å². The molecule has 2 aromatic rings. The minimum absolute atomic E-state index is 0.0692. The van der Waals surface area contributed by atoms with Gasteiger partial charge in [0.15, 0.2) is 0 Å². The number of hydrogen-bond acceptors (Lipinski definition) is 3. The second kappa shape index (κ2) is 5.77. The number of benzene rings is 1. The summed E-state index contributed by atoms with van der Waals surface area (Å²) in [5, 5.41) is 4.14. The van der Waals surface area contributed by atoms with Crippen molar-refractivity contribution in [1.29, 1.82) is 0 Å². The lowest BCUT2D eigenvalue weighted by molar-refractivity contribution is 0.177. The molecule has 0 unspecified atom stereocenters. The maximum Gasteiger partial charge on any atom is 0.407 e. The third-order valence-electron chi connectivity index (χ3n) is 3.91. The van der Waals surface area contributed by atoms with Gasteiger partial charge in [-0.25, -0.2) is 4.79 Å². The summed E-state index contributed by atoms with van der Waals surface area (Å²) in [5.41, 5.74) is 3.75. The fraction of sp³-hybridized carbons (Fsp3) is 0.438. The monoisotopic (exact) mass is 287 g/mol. The zero-order valence-corrected chi connectivity index (χ0v) is 12.5. The Morgan fingerprint density at radius 3 is 2.90 bits per heavy atom. The number of nitrogens with one attached hydrogen (secondary N) is 2. The lowest BCUT2D eigenvalue weighted by atomic mass is 9.99. The Labute approximate surface area is 124 Å². The second-order valence-electron chi connectivity index (χ2n) is 5.85. The summed E-state index contributed by atoms with van der Waals surface area (Å²) >= 11 is 0. The predicted molar refractivity (Wildman–Crippen MR) is 82.5 cm³/mol. The highest BCUT2D eigenvalue weighted by atomic mass is 16.6. The summed E-state index contributed by atoms with van der Waals surface area (Å²) < 4.78 is 4.98. The summed E-state index contributed by atoms with van der Waals surface area (Å²) in [4.78, 5) is 16.7. The zero-order valence-electron chi connectivity index (χ0n) is 12.5. The average molecular weight is 287 g/mol. The molecule has 112 valence electrons. The summed E-state index contributed by atoms with van der Waals surface area (Å²) in [6.07, 6.45) is 3.60. The lowest BCUT2D eigenvalue weighted by Crippen LogP contribution is -2.28. The van der Waals surface area contributed by atoms with Crippen LogP contribution in [0.2, 0.25) is 0 Å². The van der Waals surface area contributed by atoms with Crippen LogP contribution in [0.15, 0.2) is 24.4 Å². The largest absolute Gasteiger partial charge is 0.447 e. The van der Waals surface area contributed by atoms with E-state index in [4.69, 9.17) is 4.74 Å². The van der Waals surface area contributed by atoms with Crippen LogP contribution in [0, 0.1) is 0 Å². The maximum atomic E-state index is 11.2. The zero-order chi connectivity index (χ0) is 14.8. The molecule has 3 rings (SSSR count). The molecule has 2 N–H and O–H groups in total. The van der Waals surface area contributed by atoms with Crippen molar-refractivity contribution in [2.45, 2.75) is 18.9 Å². The van der Waals surface area contributed by atoms with Gasteiger partial charge in [0.2, 0.25) is 0 Å². The van der Waals surface area contributed by atoms with Crippen LogP contribution in [-0.4, -0.2) is 49.3 Å². The number of aromatic nitrogens is 1. The average Bonchev–Trinajstić information content (AvgIpc) is 3.03. The predicted octanol–water partition coefficient (Wildman–Crippen LogP) is 1.92. The Hall–Kier alpha value is -2.01. The van der Waals surface area contributed by atoms with Crippen molar-refractivity contribution in [1.82, 2.24) is 15.2 Å². The molecule has 0 spiro atoms. The maximum absolute atomic E-state index is 11.2. The van der Waals surface area contributed by atoms with E-state index >= 15 is 0 Å². The van der Waals surface area contributed by atoms with Gasteiger partial charge in [-0.1, -0.05) is 12.1 Å². The van der Waals surface area contributed by atoms with E-state index in [2.05, 4.69) is 53.7 Å². The van der Waals surface area contributed by atoms with Gasteiger partial charge in [0.25, 0.3) is 0 Å². The van der Waals surface area contributed by atoms with Crippen LogP contribution < -0.4 is 5.32 Å². The molecule has 1 atom stereocenters. The van der Waals surface area contributed by atoms with Crippen molar-refractivity contribution in [3.05, 3.63) is 35.5 Å². The van der Waals surface area contributed by atoms with Gasteiger partial charge in [0.05, 0.1) is 6.04 Å². The van der Waals surface area contributed by atoms with Crippen LogP contribution in [0.25, 0.3) is 10.9 Å². The molecule has 0 radical (unpaired) electrons. The topological polar surface area (TPSA) is 57.4 Å². The van der Waals surface area contributed by atoms with Gasteiger partial charge in [0.1, 0.15) is 6.61 Å². The van der Waals surface area contributed by atoms with E-state index in [1.54, 1.807) is 0 Å². The number of aromatic amines is 1. The molecular formula is C16H21N3O2. The van der Waals surface area contributed by atoms with Gasteiger partial charge >= 0.3 is 6.09 Å². The van der Waals surface area contributed by atoms with Crippen molar-refractivity contribution in [2.24, 2.45) is 0 Å². The van der Waals surface area contributed by atoms with Gasteiger partial charge in [-0.05, 0) is 44.1 Å². The first-order chi connectivity index (χ1) is 10.1. The molecule has 1 aromatic carbocycles. The first kappa shape index (κ1) is 13.9. The van der Waals surface area contributed by atoms with E-state index in [-0.39, 0.29) is 12.1 Å². The minimum Gasteiger partial charge on any atom is -0.447 e. The summed E-state index contributed by atoms with van der Waals surface area (Å²) in [5.74, 6) is 0. The van der Waals surface area contributed by atoms with Crippen molar-refractivity contribution < 1.29 is 9.53 Å². The fourth-order valence-corrected chi connectivity index (χ4v) is 2.85. The quantitative estimate of drug-likeness (QED) is 0.883. The number of alkyl carbamates (subject to hydrolysis) is 1. The molecular weight excluding hydrogens is 266 g/mol. The van der Waals surface area contributed by atoms with Crippen LogP contribution in [-0.2, 0) is 17.6 Å². The Bertz CT molecular complexity index is 648. The highest BCUT2D eigenvalue weighted by Gasteiger charge is 2.23. The normalized spacial score (nSPS) is 18.2. The standard InChI is InChI=1S/C16H21N3O2/c1-19(2)7-6-12-9-17-14-5-3-4-11(15(12)14)8-13-10-21-16(20)18-13/h3-5,9,13,17H,6-8,10H2,1-2H3,(H,18,20)/t13-/m0/s1. The molecule has 1 aromatic heterocycles. The van der Waals surface area contributed by atoms with E-state index < -0.39 is 0 Å². The number of ether oxygens (including phenoxy) is 1. The number of H-pyrrole nitrogens is 1. The highest BCUT2D eigenvalue weighted by Crippen LogP contribution is 2.25. The fourth-order valence-electron chi connectivity index (χ4n) is 2.85. The summed E-state index contributed by atoms with van der Waals surface area (Å²) in [6.45, 7) is 1.47. The van der Waals surface area contributed by atoms with Gasteiger partial charge in [-0.3, -0.25) is 0 Å². The third kappa shape index (κ3) is 3.03. The molecule has 5 nitrogen and oxygen atoms in total. The van der Waals surface area contributed by atoms with E-state index in [9.17, 15) is 4.79 Å². The van der Waals surface area contributed by atoms with Crippen LogP contribution in [0.3, 0.4) is 0 Å². The molecule has 1 aliphatic rings. The SMILES string of the molecule is CN(C)CCc1c[nH]c2cccc(C[C@H]3COC(=O)N3)c12. The van der Waals surface area contributed by atoms with Crippen LogP contribution >= 0.6 is 0 Å². The summed E-state index contributed by atoms with van der Waals surface area (Å²) in [7, 11) is 4.17. The first-order valence-electron chi connectivity index (χ1n) is 7.29. The van der Waals surface area contributed by atoms with E-state index in [1.807, 2.05) is 0 Å². The Morgan fingerprint density at radius 2 is 2.19 bits per heavy atom. The second-order valence-corrected chi connectivity index (χ2v) is 5.85. The Balaban J connectivity index is 1.86. The number of hydrogen-bond donors (Lipinski definition) is 2. The molecule has 2 heterocycles. The molecule has 0 saturated carbocycles. The smallest absolute Gasteiger partial charge is 0.407 e. The number of fused-ring (bicyclic) bond motifs is 1.